The number of hydrogen-bond donors (Lipinski definition) is 2. The molecule has 2 aliphatic heterocycles. The van der Waals surface area contributed by atoms with E-state index < -0.39 is 28.0 Å². The van der Waals surface area contributed by atoms with Crippen molar-refractivity contribution in [2.24, 2.45) is 0 Å². The Morgan fingerprint density at radius 3 is 2.34 bits per heavy atom. The lowest BCUT2D eigenvalue weighted by molar-refractivity contribution is -0.119. The molecule has 3 aromatic carbocycles. The van der Waals surface area contributed by atoms with Crippen molar-refractivity contribution in [2.45, 2.75) is 24.5 Å². The molecule has 0 aromatic heterocycles. The molecule has 216 valence electrons. The molecule has 2 heterocycles. The van der Waals surface area contributed by atoms with Gasteiger partial charge >= 0.3 is 6.09 Å². The quantitative estimate of drug-likeness (QED) is 0.398. The predicted molar refractivity (Wildman–Crippen MR) is 152 cm³/mol. The molecule has 12 heteroatoms. The lowest BCUT2D eigenvalue weighted by Crippen LogP contribution is -2.36. The van der Waals surface area contributed by atoms with E-state index in [4.69, 9.17) is 9.47 Å². The maximum atomic E-state index is 15.1. The predicted octanol–water partition coefficient (Wildman–Crippen LogP) is 3.27. The molecule has 0 unspecified atom stereocenters. The molecule has 0 aliphatic carbocycles. The van der Waals surface area contributed by atoms with E-state index in [1.165, 1.54) is 17.9 Å². The van der Waals surface area contributed by atoms with Crippen LogP contribution in [-0.2, 0) is 30.8 Å². The molecule has 3 aromatic rings. The molecular weight excluding hydrogens is 551 g/mol. The molecule has 0 spiro atoms. The fourth-order valence-electron chi connectivity index (χ4n) is 4.72. The van der Waals surface area contributed by atoms with Crippen LogP contribution in [0.15, 0.2) is 71.6 Å². The van der Waals surface area contributed by atoms with E-state index in [1.807, 2.05) is 0 Å². The Labute approximate surface area is 238 Å². The Hall–Kier alpha value is -4.00. The molecule has 10 nitrogen and oxygen atoms in total. The number of cyclic esters (lactones) is 1. The van der Waals surface area contributed by atoms with Crippen LogP contribution in [0.3, 0.4) is 0 Å². The second-order valence-corrected chi connectivity index (χ2v) is 11.6. The Morgan fingerprint density at radius 2 is 1.68 bits per heavy atom. The first-order chi connectivity index (χ1) is 19.7. The molecular formula is C29H31FN4O6S. The van der Waals surface area contributed by atoms with E-state index in [0.29, 0.717) is 35.6 Å². The molecule has 2 aliphatic rings. The number of ether oxygens (including phenoxy) is 2. The smallest absolute Gasteiger partial charge is 0.414 e. The monoisotopic (exact) mass is 582 g/mol. The van der Waals surface area contributed by atoms with Gasteiger partial charge in [0.1, 0.15) is 11.9 Å². The first-order valence-electron chi connectivity index (χ1n) is 13.2. The van der Waals surface area contributed by atoms with Crippen molar-refractivity contribution in [3.63, 3.8) is 0 Å². The summed E-state index contributed by atoms with van der Waals surface area (Å²) in [7, 11) is -3.72. The number of sulfonamides is 1. The van der Waals surface area contributed by atoms with E-state index >= 15 is 4.39 Å². The van der Waals surface area contributed by atoms with Crippen LogP contribution >= 0.6 is 0 Å². The minimum absolute atomic E-state index is 0.0754. The summed E-state index contributed by atoms with van der Waals surface area (Å²) in [6.07, 6.45) is -1.12. The van der Waals surface area contributed by atoms with Gasteiger partial charge < -0.3 is 19.7 Å². The van der Waals surface area contributed by atoms with Crippen LogP contribution in [0.5, 0.6) is 0 Å². The summed E-state index contributed by atoms with van der Waals surface area (Å²) in [5.74, 6) is -0.748. The van der Waals surface area contributed by atoms with Crippen molar-refractivity contribution in [2.75, 3.05) is 49.2 Å². The van der Waals surface area contributed by atoms with E-state index in [0.717, 1.165) is 18.8 Å². The Bertz CT molecular complexity index is 1510. The highest BCUT2D eigenvalue weighted by Crippen LogP contribution is 2.29. The van der Waals surface area contributed by atoms with Gasteiger partial charge in [-0.15, -0.1) is 0 Å². The minimum atomic E-state index is -3.72. The topological polar surface area (TPSA) is 117 Å². The first kappa shape index (κ1) is 28.5. The number of benzene rings is 3. The molecule has 0 radical (unpaired) electrons. The first-order valence-corrected chi connectivity index (χ1v) is 14.7. The highest BCUT2D eigenvalue weighted by molar-refractivity contribution is 7.89. The highest BCUT2D eigenvalue weighted by atomic mass is 32.2. The Morgan fingerprint density at radius 1 is 1.00 bits per heavy atom. The van der Waals surface area contributed by atoms with Gasteiger partial charge in [0.05, 0.1) is 36.9 Å². The number of rotatable bonds is 9. The number of anilines is 2. The molecule has 41 heavy (non-hydrogen) atoms. The maximum Gasteiger partial charge on any atom is 0.414 e. The molecule has 2 saturated heterocycles. The third-order valence-electron chi connectivity index (χ3n) is 6.97. The highest BCUT2D eigenvalue weighted by Gasteiger charge is 2.32. The van der Waals surface area contributed by atoms with Crippen LogP contribution in [0.2, 0.25) is 0 Å². The summed E-state index contributed by atoms with van der Waals surface area (Å²) in [6, 6.07) is 18.2. The largest absolute Gasteiger partial charge is 0.442 e. The van der Waals surface area contributed by atoms with Gasteiger partial charge in [0, 0.05) is 37.8 Å². The number of carbonyl (C=O) groups excluding carboxylic acids is 2. The zero-order chi connectivity index (χ0) is 29.0. The van der Waals surface area contributed by atoms with Gasteiger partial charge in [-0.25, -0.2) is 22.3 Å². The Balaban J connectivity index is 1.19. The zero-order valence-corrected chi connectivity index (χ0v) is 23.3. The van der Waals surface area contributed by atoms with Crippen molar-refractivity contribution in [3.8, 4) is 11.1 Å². The van der Waals surface area contributed by atoms with Crippen molar-refractivity contribution >= 4 is 33.4 Å². The number of carbonyl (C=O) groups is 2. The summed E-state index contributed by atoms with van der Waals surface area (Å²) in [5, 5.41) is 2.61. The number of morpholine rings is 1. The van der Waals surface area contributed by atoms with E-state index in [1.54, 1.807) is 60.7 Å². The van der Waals surface area contributed by atoms with Crippen molar-refractivity contribution in [3.05, 3.63) is 78.1 Å². The normalized spacial score (nSPS) is 17.4. The molecule has 1 atom stereocenters. The number of amides is 2. The summed E-state index contributed by atoms with van der Waals surface area (Å²) in [6.45, 7) is 4.66. The number of hydrogen-bond acceptors (Lipinski definition) is 7. The van der Waals surface area contributed by atoms with Gasteiger partial charge in [-0.2, -0.15) is 0 Å². The zero-order valence-electron chi connectivity index (χ0n) is 22.5. The third kappa shape index (κ3) is 6.84. The van der Waals surface area contributed by atoms with E-state index in [-0.39, 0.29) is 30.4 Å². The summed E-state index contributed by atoms with van der Waals surface area (Å²) in [4.78, 5) is 27.0. The average molecular weight is 583 g/mol. The van der Waals surface area contributed by atoms with Crippen LogP contribution in [0.4, 0.5) is 20.6 Å². The molecule has 2 N–H and O–H groups in total. The lowest BCUT2D eigenvalue weighted by Gasteiger charge is -2.28. The SMILES string of the molecule is CC(=O)NC[C@H]1CN(c2ccc(-c3ccc(CNS(=O)(=O)c4ccc(N5CCOCC5)cc4)cc3)c(F)c2)C(=O)O1. The molecule has 5 rings (SSSR count). The molecule has 0 bridgehead atoms. The van der Waals surface area contributed by atoms with Crippen LogP contribution in [-0.4, -0.2) is 65.9 Å². The van der Waals surface area contributed by atoms with Crippen LogP contribution in [0, 0.1) is 5.82 Å². The number of halogens is 1. The number of nitrogens with zero attached hydrogens (tertiary/aromatic N) is 2. The van der Waals surface area contributed by atoms with Crippen LogP contribution in [0.1, 0.15) is 12.5 Å². The fourth-order valence-corrected chi connectivity index (χ4v) is 5.74. The molecule has 2 fully saturated rings. The molecule has 0 saturated carbocycles. The average Bonchev–Trinajstić information content (AvgIpc) is 3.36. The van der Waals surface area contributed by atoms with Gasteiger partial charge in [0.25, 0.3) is 0 Å². The molecule has 2 amide bonds. The number of nitrogens with one attached hydrogen (secondary N) is 2. The summed E-state index contributed by atoms with van der Waals surface area (Å²) < 4.78 is 53.9. The van der Waals surface area contributed by atoms with Gasteiger partial charge in [0.2, 0.25) is 15.9 Å². The van der Waals surface area contributed by atoms with Crippen molar-refractivity contribution in [1.82, 2.24) is 10.0 Å². The van der Waals surface area contributed by atoms with Crippen LogP contribution in [0.25, 0.3) is 11.1 Å². The Kier molecular flexibility index (Phi) is 8.52. The van der Waals surface area contributed by atoms with Crippen molar-refractivity contribution in [1.29, 1.82) is 0 Å². The van der Waals surface area contributed by atoms with Gasteiger partial charge in [-0.1, -0.05) is 24.3 Å². The lowest BCUT2D eigenvalue weighted by atomic mass is 10.0. The minimum Gasteiger partial charge on any atom is -0.442 e. The van der Waals surface area contributed by atoms with E-state index in [2.05, 4.69) is 14.9 Å². The second kappa shape index (κ2) is 12.2. The fraction of sp³-hybridized carbons (Fsp3) is 0.310. The second-order valence-electron chi connectivity index (χ2n) is 9.83. The van der Waals surface area contributed by atoms with Gasteiger partial charge in [0.15, 0.2) is 0 Å². The van der Waals surface area contributed by atoms with E-state index in [9.17, 15) is 18.0 Å². The summed E-state index contributed by atoms with van der Waals surface area (Å²) in [5.41, 5.74) is 2.96. The summed E-state index contributed by atoms with van der Waals surface area (Å²) >= 11 is 0. The van der Waals surface area contributed by atoms with Gasteiger partial charge in [-0.3, -0.25) is 9.69 Å². The third-order valence-corrected chi connectivity index (χ3v) is 8.39. The van der Waals surface area contributed by atoms with Crippen molar-refractivity contribution < 1.29 is 31.9 Å². The van der Waals surface area contributed by atoms with Gasteiger partial charge in [-0.05, 0) is 53.6 Å². The standard InChI is InChI=1S/C29H31FN4O6S/c1-20(35)31-18-25-19-34(29(36)40-25)24-8-11-27(28(30)16-24)22-4-2-21(3-5-22)17-32-41(37,38)26-9-6-23(7-10-26)33-12-14-39-15-13-33/h2-11,16,25,32H,12-15,17-19H2,1H3,(H,31,35)/t25-/m0/s1. The maximum absolute atomic E-state index is 15.1. The van der Waals surface area contributed by atoms with Crippen LogP contribution < -0.4 is 19.8 Å².